The molecule has 1 aromatic carbocycles. The number of aldehydes is 1. The molecule has 0 radical (unpaired) electrons. The lowest BCUT2D eigenvalue weighted by Crippen LogP contribution is -2.50. The Morgan fingerprint density at radius 1 is 1.11 bits per heavy atom. The first kappa shape index (κ1) is 17.3. The van der Waals surface area contributed by atoms with Crippen molar-refractivity contribution in [2.45, 2.75) is 70.8 Å². The van der Waals surface area contributed by atoms with E-state index < -0.39 is 0 Å². The molecular weight excluding hydrogens is 334 g/mol. The first-order valence-corrected chi connectivity index (χ1v) is 10.6. The number of carbonyl (C=O) groups excluding carboxylic acids is 2. The molecule has 3 nitrogen and oxygen atoms in total. The van der Waals surface area contributed by atoms with Crippen molar-refractivity contribution in [1.82, 2.24) is 0 Å². The number of rotatable bonds is 4. The van der Waals surface area contributed by atoms with Crippen molar-refractivity contribution in [2.75, 3.05) is 0 Å². The van der Waals surface area contributed by atoms with Crippen molar-refractivity contribution in [3.8, 4) is 0 Å². The van der Waals surface area contributed by atoms with E-state index in [9.17, 15) is 9.59 Å². The SMILES string of the molecule is CC1(C)Cc2ccc(C=O)cc2C(CC(=O)C23CC4CC(CC(C4)C2)C3)=N1. The molecule has 1 aliphatic heterocycles. The summed E-state index contributed by atoms with van der Waals surface area (Å²) < 4.78 is 0. The lowest BCUT2D eigenvalue weighted by Gasteiger charge is -2.56. The fourth-order valence-electron chi connectivity index (χ4n) is 6.95. The molecule has 1 aromatic rings. The van der Waals surface area contributed by atoms with Gasteiger partial charge in [-0.2, -0.15) is 0 Å². The monoisotopic (exact) mass is 363 g/mol. The Balaban J connectivity index is 1.47. The Hall–Kier alpha value is -1.77. The van der Waals surface area contributed by atoms with Crippen molar-refractivity contribution in [3.63, 3.8) is 0 Å². The molecule has 4 saturated carbocycles. The molecule has 0 amide bonds. The highest BCUT2D eigenvalue weighted by molar-refractivity contribution is 6.14. The quantitative estimate of drug-likeness (QED) is 0.722. The molecule has 4 fully saturated rings. The van der Waals surface area contributed by atoms with E-state index in [2.05, 4.69) is 13.8 Å². The minimum atomic E-state index is -0.188. The zero-order valence-corrected chi connectivity index (χ0v) is 16.5. The molecule has 0 saturated heterocycles. The molecule has 0 atom stereocenters. The molecule has 142 valence electrons. The zero-order valence-electron chi connectivity index (χ0n) is 16.5. The van der Waals surface area contributed by atoms with E-state index >= 15 is 0 Å². The standard InChI is InChI=1S/C24H29NO2/c1-23(2)13-19-4-3-15(14-26)8-20(19)21(25-23)9-22(27)24-10-16-5-17(11-24)7-18(6-16)12-24/h3-4,8,14,16-18H,5-7,9-13H2,1-2H3. The van der Waals surface area contributed by atoms with Gasteiger partial charge >= 0.3 is 0 Å². The Bertz CT molecular complexity index is 813. The number of ketones is 1. The Morgan fingerprint density at radius 3 is 2.33 bits per heavy atom. The first-order chi connectivity index (χ1) is 12.9. The van der Waals surface area contributed by atoms with Crippen LogP contribution in [0.4, 0.5) is 0 Å². The van der Waals surface area contributed by atoms with Crippen molar-refractivity contribution in [3.05, 3.63) is 34.9 Å². The maximum Gasteiger partial charge on any atom is 0.150 e. The maximum atomic E-state index is 13.6. The van der Waals surface area contributed by atoms with Crippen LogP contribution in [0.2, 0.25) is 0 Å². The van der Waals surface area contributed by atoms with E-state index in [1.807, 2.05) is 18.2 Å². The summed E-state index contributed by atoms with van der Waals surface area (Å²) in [5, 5.41) is 0. The van der Waals surface area contributed by atoms with Crippen LogP contribution in [0.5, 0.6) is 0 Å². The molecule has 4 aliphatic carbocycles. The van der Waals surface area contributed by atoms with Gasteiger partial charge in [0.05, 0.1) is 11.3 Å². The van der Waals surface area contributed by atoms with Gasteiger partial charge < -0.3 is 0 Å². The normalized spacial score (nSPS) is 35.5. The van der Waals surface area contributed by atoms with Crippen molar-refractivity contribution < 1.29 is 9.59 Å². The highest BCUT2D eigenvalue weighted by Gasteiger charge is 2.54. The topological polar surface area (TPSA) is 46.5 Å². The fourth-order valence-corrected chi connectivity index (χ4v) is 6.95. The van der Waals surface area contributed by atoms with Crippen molar-refractivity contribution in [2.24, 2.45) is 28.2 Å². The molecule has 0 spiro atoms. The minimum Gasteiger partial charge on any atom is -0.299 e. The second-order valence-corrected chi connectivity index (χ2v) is 10.4. The largest absolute Gasteiger partial charge is 0.299 e. The van der Waals surface area contributed by atoms with Crippen LogP contribution in [0.15, 0.2) is 23.2 Å². The predicted octanol–water partition coefficient (Wildman–Crippen LogP) is 4.80. The lowest BCUT2D eigenvalue weighted by atomic mass is 9.48. The van der Waals surface area contributed by atoms with Gasteiger partial charge in [-0.1, -0.05) is 12.1 Å². The highest BCUT2D eigenvalue weighted by Crippen LogP contribution is 2.60. The maximum absolute atomic E-state index is 13.6. The summed E-state index contributed by atoms with van der Waals surface area (Å²) in [5.41, 5.74) is 3.55. The van der Waals surface area contributed by atoms with Crippen LogP contribution in [0.25, 0.3) is 0 Å². The summed E-state index contributed by atoms with van der Waals surface area (Å²) in [6.07, 6.45) is 9.56. The van der Waals surface area contributed by atoms with Gasteiger partial charge in [0.1, 0.15) is 12.1 Å². The summed E-state index contributed by atoms with van der Waals surface area (Å²) in [4.78, 5) is 29.8. The van der Waals surface area contributed by atoms with E-state index in [0.717, 1.165) is 61.0 Å². The van der Waals surface area contributed by atoms with Gasteiger partial charge in [-0.25, -0.2) is 0 Å². The third-order valence-corrected chi connectivity index (χ3v) is 7.60. The van der Waals surface area contributed by atoms with Gasteiger partial charge in [-0.15, -0.1) is 0 Å². The molecule has 0 N–H and O–H groups in total. The van der Waals surface area contributed by atoms with Gasteiger partial charge in [-0.05, 0) is 93.7 Å². The predicted molar refractivity (Wildman–Crippen MR) is 106 cm³/mol. The Morgan fingerprint density at radius 2 is 1.74 bits per heavy atom. The number of benzene rings is 1. The van der Waals surface area contributed by atoms with Crippen LogP contribution >= 0.6 is 0 Å². The van der Waals surface area contributed by atoms with Crippen LogP contribution in [0, 0.1) is 23.2 Å². The Labute approximate surface area is 161 Å². The Kier molecular flexibility index (Phi) is 3.76. The van der Waals surface area contributed by atoms with Gasteiger partial charge in [0.15, 0.2) is 0 Å². The van der Waals surface area contributed by atoms with Crippen LogP contribution in [0.3, 0.4) is 0 Å². The lowest BCUT2D eigenvalue weighted by molar-refractivity contribution is -0.142. The number of Topliss-reactive ketones (excluding diaryl/α,β-unsaturated/α-hetero) is 1. The number of hydrogen-bond acceptors (Lipinski definition) is 3. The zero-order chi connectivity index (χ0) is 18.8. The van der Waals surface area contributed by atoms with Crippen molar-refractivity contribution in [1.29, 1.82) is 0 Å². The van der Waals surface area contributed by atoms with E-state index in [1.165, 1.54) is 24.8 Å². The average molecular weight is 364 g/mol. The summed E-state index contributed by atoms with van der Waals surface area (Å²) in [6.45, 7) is 4.28. The molecular formula is C24H29NO2. The van der Waals surface area contributed by atoms with Crippen LogP contribution in [-0.2, 0) is 11.2 Å². The third-order valence-electron chi connectivity index (χ3n) is 7.60. The number of fused-ring (bicyclic) bond motifs is 1. The summed E-state index contributed by atoms with van der Waals surface area (Å²) >= 11 is 0. The second-order valence-electron chi connectivity index (χ2n) is 10.4. The van der Waals surface area contributed by atoms with Crippen LogP contribution in [-0.4, -0.2) is 23.3 Å². The van der Waals surface area contributed by atoms with E-state index in [1.54, 1.807) is 0 Å². The van der Waals surface area contributed by atoms with Gasteiger partial charge in [-0.3, -0.25) is 14.6 Å². The third kappa shape index (κ3) is 2.90. The summed E-state index contributed by atoms with van der Waals surface area (Å²) in [7, 11) is 0. The molecule has 0 unspecified atom stereocenters. The van der Waals surface area contributed by atoms with Crippen LogP contribution in [0.1, 0.15) is 80.3 Å². The van der Waals surface area contributed by atoms with Crippen LogP contribution < -0.4 is 0 Å². The molecule has 6 rings (SSSR count). The molecule has 0 aromatic heterocycles. The smallest absolute Gasteiger partial charge is 0.150 e. The van der Waals surface area contributed by atoms with E-state index in [0.29, 0.717) is 17.8 Å². The van der Waals surface area contributed by atoms with Crippen molar-refractivity contribution >= 4 is 17.8 Å². The summed E-state index contributed by atoms with van der Waals surface area (Å²) in [6, 6.07) is 5.86. The second kappa shape index (κ2) is 5.86. The number of hydrogen-bond donors (Lipinski definition) is 0. The number of aliphatic imine (C=N–C) groups is 1. The first-order valence-electron chi connectivity index (χ1n) is 10.6. The molecule has 5 aliphatic rings. The highest BCUT2D eigenvalue weighted by atomic mass is 16.1. The summed E-state index contributed by atoms with van der Waals surface area (Å²) in [5.74, 6) is 2.75. The van der Waals surface area contributed by atoms with E-state index in [-0.39, 0.29) is 11.0 Å². The van der Waals surface area contributed by atoms with E-state index in [4.69, 9.17) is 4.99 Å². The molecule has 1 heterocycles. The molecule has 4 bridgehead atoms. The average Bonchev–Trinajstić information content (AvgIpc) is 2.59. The number of carbonyl (C=O) groups is 2. The van der Waals surface area contributed by atoms with Gasteiger partial charge in [0.25, 0.3) is 0 Å². The number of nitrogens with zero attached hydrogens (tertiary/aromatic N) is 1. The minimum absolute atomic E-state index is 0.0821. The van der Waals surface area contributed by atoms with Gasteiger partial charge in [0.2, 0.25) is 0 Å². The fraction of sp³-hybridized carbons (Fsp3) is 0.625. The molecule has 3 heteroatoms. The molecule has 27 heavy (non-hydrogen) atoms. The van der Waals surface area contributed by atoms with Gasteiger partial charge in [0, 0.05) is 17.4 Å².